The molecule has 0 saturated heterocycles. The molecule has 19 heavy (non-hydrogen) atoms. The molecule has 1 amide bonds. The highest BCUT2D eigenvalue weighted by atomic mass is 16.1. The Morgan fingerprint density at radius 3 is 2.42 bits per heavy atom. The molecule has 0 saturated carbocycles. The average molecular weight is 257 g/mol. The maximum absolute atomic E-state index is 11.7. The van der Waals surface area contributed by atoms with Gasteiger partial charge in [-0.15, -0.1) is 0 Å². The van der Waals surface area contributed by atoms with E-state index < -0.39 is 0 Å². The Bertz CT molecular complexity index is 515. The van der Waals surface area contributed by atoms with E-state index in [9.17, 15) is 4.79 Å². The summed E-state index contributed by atoms with van der Waals surface area (Å²) in [5.41, 5.74) is 2.95. The van der Waals surface area contributed by atoms with E-state index >= 15 is 0 Å². The Kier molecular flexibility index (Phi) is 4.36. The summed E-state index contributed by atoms with van der Waals surface area (Å²) in [5.74, 6) is -0.0811. The van der Waals surface area contributed by atoms with Crippen LogP contribution in [-0.4, -0.2) is 29.9 Å². The molecule has 0 aliphatic carbocycles. The number of hydrogen-bond donors (Lipinski definition) is 2. The summed E-state index contributed by atoms with van der Waals surface area (Å²) in [4.78, 5) is 16.8. The number of H-pyrrole nitrogens is 1. The molecular weight excluding hydrogens is 238 g/mol. The minimum absolute atomic E-state index is 0.0811. The molecule has 4 heteroatoms. The van der Waals surface area contributed by atoms with E-state index in [1.54, 1.807) is 12.3 Å². The van der Waals surface area contributed by atoms with E-state index in [0.717, 1.165) is 12.1 Å². The number of rotatable bonds is 5. The van der Waals surface area contributed by atoms with E-state index in [0.29, 0.717) is 12.2 Å². The highest BCUT2D eigenvalue weighted by Crippen LogP contribution is 2.06. The van der Waals surface area contributed by atoms with Gasteiger partial charge in [-0.3, -0.25) is 4.79 Å². The van der Waals surface area contributed by atoms with Crippen LogP contribution in [0.4, 0.5) is 0 Å². The largest absolute Gasteiger partial charge is 0.357 e. The lowest BCUT2D eigenvalue weighted by atomic mass is 10.1. The van der Waals surface area contributed by atoms with Crippen molar-refractivity contribution in [2.75, 3.05) is 14.1 Å². The summed E-state index contributed by atoms with van der Waals surface area (Å²) < 4.78 is 0. The fourth-order valence-electron chi connectivity index (χ4n) is 1.88. The zero-order valence-corrected chi connectivity index (χ0v) is 11.3. The fraction of sp³-hybridized carbons (Fsp3) is 0.267. The van der Waals surface area contributed by atoms with Gasteiger partial charge in [-0.25, -0.2) is 0 Å². The summed E-state index contributed by atoms with van der Waals surface area (Å²) in [6.07, 6.45) is 1.74. The Labute approximate surface area is 113 Å². The molecular formula is C15H19N3O. The van der Waals surface area contributed by atoms with Gasteiger partial charge in [0.15, 0.2) is 0 Å². The fourth-order valence-corrected chi connectivity index (χ4v) is 1.88. The van der Waals surface area contributed by atoms with Crippen LogP contribution in [0, 0.1) is 0 Å². The normalized spacial score (nSPS) is 10.7. The Morgan fingerprint density at radius 1 is 1.16 bits per heavy atom. The maximum Gasteiger partial charge on any atom is 0.267 e. The molecule has 0 spiro atoms. The number of aromatic amines is 1. The van der Waals surface area contributed by atoms with E-state index in [2.05, 4.69) is 27.3 Å². The van der Waals surface area contributed by atoms with Crippen molar-refractivity contribution in [3.05, 3.63) is 59.4 Å². The summed E-state index contributed by atoms with van der Waals surface area (Å²) in [7, 11) is 4.09. The molecule has 0 bridgehead atoms. The van der Waals surface area contributed by atoms with Gasteiger partial charge in [-0.05, 0) is 37.4 Å². The van der Waals surface area contributed by atoms with Crippen molar-refractivity contribution >= 4 is 5.91 Å². The zero-order valence-electron chi connectivity index (χ0n) is 11.3. The Hall–Kier alpha value is -2.07. The van der Waals surface area contributed by atoms with Crippen LogP contribution in [0.2, 0.25) is 0 Å². The lowest BCUT2D eigenvalue weighted by Gasteiger charge is -2.10. The lowest BCUT2D eigenvalue weighted by Crippen LogP contribution is -2.23. The molecule has 0 radical (unpaired) electrons. The van der Waals surface area contributed by atoms with Crippen molar-refractivity contribution in [3.63, 3.8) is 0 Å². The number of nitrogens with zero attached hydrogens (tertiary/aromatic N) is 1. The molecule has 1 aromatic carbocycles. The zero-order chi connectivity index (χ0) is 13.7. The second-order valence-electron chi connectivity index (χ2n) is 4.82. The van der Waals surface area contributed by atoms with Crippen LogP contribution in [0.15, 0.2) is 42.6 Å². The van der Waals surface area contributed by atoms with Crippen molar-refractivity contribution in [2.24, 2.45) is 0 Å². The van der Waals surface area contributed by atoms with Gasteiger partial charge in [0.2, 0.25) is 0 Å². The molecule has 0 fully saturated rings. The number of aromatic nitrogens is 1. The SMILES string of the molecule is CN(C)Cc1ccc(CNC(=O)c2ccc[nH]2)cc1. The smallest absolute Gasteiger partial charge is 0.267 e. The second kappa shape index (κ2) is 6.20. The molecule has 0 unspecified atom stereocenters. The number of benzene rings is 1. The third kappa shape index (κ3) is 3.96. The first kappa shape index (κ1) is 13.4. The number of carbonyl (C=O) groups is 1. The summed E-state index contributed by atoms with van der Waals surface area (Å²) in [6, 6.07) is 11.9. The Balaban J connectivity index is 1.88. The lowest BCUT2D eigenvalue weighted by molar-refractivity contribution is 0.0946. The molecule has 0 aliphatic rings. The predicted molar refractivity (Wildman–Crippen MR) is 75.8 cm³/mol. The van der Waals surface area contributed by atoms with Gasteiger partial charge in [0.25, 0.3) is 5.91 Å². The number of nitrogens with one attached hydrogen (secondary N) is 2. The van der Waals surface area contributed by atoms with E-state index in [4.69, 9.17) is 0 Å². The second-order valence-corrected chi connectivity index (χ2v) is 4.82. The Morgan fingerprint density at radius 2 is 1.84 bits per heavy atom. The quantitative estimate of drug-likeness (QED) is 0.860. The first-order valence-corrected chi connectivity index (χ1v) is 6.29. The third-order valence-electron chi connectivity index (χ3n) is 2.82. The van der Waals surface area contributed by atoms with E-state index in [-0.39, 0.29) is 5.91 Å². The minimum atomic E-state index is -0.0811. The summed E-state index contributed by atoms with van der Waals surface area (Å²) in [5, 5.41) is 2.88. The van der Waals surface area contributed by atoms with Crippen LogP contribution in [0.5, 0.6) is 0 Å². The maximum atomic E-state index is 11.7. The minimum Gasteiger partial charge on any atom is -0.357 e. The standard InChI is InChI=1S/C15H19N3O/c1-18(2)11-13-7-5-12(6-8-13)10-17-15(19)14-4-3-9-16-14/h3-9,16H,10-11H2,1-2H3,(H,17,19). The van der Waals surface area contributed by atoms with Crippen molar-refractivity contribution in [2.45, 2.75) is 13.1 Å². The molecule has 1 aromatic heterocycles. The van der Waals surface area contributed by atoms with Gasteiger partial charge < -0.3 is 15.2 Å². The monoisotopic (exact) mass is 257 g/mol. The van der Waals surface area contributed by atoms with Crippen LogP contribution in [0.25, 0.3) is 0 Å². The summed E-state index contributed by atoms with van der Waals surface area (Å²) >= 11 is 0. The highest BCUT2D eigenvalue weighted by molar-refractivity contribution is 5.92. The third-order valence-corrected chi connectivity index (χ3v) is 2.82. The molecule has 2 aromatic rings. The predicted octanol–water partition coefficient (Wildman–Crippen LogP) is 2.01. The number of amides is 1. The molecule has 4 nitrogen and oxygen atoms in total. The number of hydrogen-bond acceptors (Lipinski definition) is 2. The van der Waals surface area contributed by atoms with Gasteiger partial charge >= 0.3 is 0 Å². The average Bonchev–Trinajstić information content (AvgIpc) is 2.91. The van der Waals surface area contributed by atoms with E-state index in [1.165, 1.54) is 5.56 Å². The molecule has 1 heterocycles. The van der Waals surface area contributed by atoms with Crippen LogP contribution < -0.4 is 5.32 Å². The molecule has 0 aliphatic heterocycles. The van der Waals surface area contributed by atoms with Crippen LogP contribution in [-0.2, 0) is 13.1 Å². The van der Waals surface area contributed by atoms with Crippen molar-refractivity contribution in [3.8, 4) is 0 Å². The van der Waals surface area contributed by atoms with Gasteiger partial charge in [-0.2, -0.15) is 0 Å². The first-order valence-electron chi connectivity index (χ1n) is 6.29. The van der Waals surface area contributed by atoms with Gasteiger partial charge in [0.05, 0.1) is 0 Å². The van der Waals surface area contributed by atoms with E-state index in [1.807, 2.05) is 32.3 Å². The van der Waals surface area contributed by atoms with Crippen LogP contribution in [0.1, 0.15) is 21.6 Å². The molecule has 2 rings (SSSR count). The van der Waals surface area contributed by atoms with Crippen molar-refractivity contribution < 1.29 is 4.79 Å². The highest BCUT2D eigenvalue weighted by Gasteiger charge is 2.05. The molecule has 2 N–H and O–H groups in total. The first-order chi connectivity index (χ1) is 9.15. The van der Waals surface area contributed by atoms with Crippen LogP contribution >= 0.6 is 0 Å². The summed E-state index contributed by atoms with van der Waals surface area (Å²) in [6.45, 7) is 1.47. The van der Waals surface area contributed by atoms with Crippen molar-refractivity contribution in [1.82, 2.24) is 15.2 Å². The number of carbonyl (C=O) groups excluding carboxylic acids is 1. The van der Waals surface area contributed by atoms with Gasteiger partial charge in [0, 0.05) is 19.3 Å². The van der Waals surface area contributed by atoms with Crippen LogP contribution in [0.3, 0.4) is 0 Å². The van der Waals surface area contributed by atoms with Gasteiger partial charge in [0.1, 0.15) is 5.69 Å². The van der Waals surface area contributed by atoms with Gasteiger partial charge in [-0.1, -0.05) is 24.3 Å². The topological polar surface area (TPSA) is 48.1 Å². The van der Waals surface area contributed by atoms with Crippen molar-refractivity contribution in [1.29, 1.82) is 0 Å². The molecule has 0 atom stereocenters. The molecule has 100 valence electrons.